The van der Waals surface area contributed by atoms with Crippen LogP contribution in [0, 0.1) is 17.8 Å². The normalized spacial score (nSPS) is 22.8. The number of ether oxygens (including phenoxy) is 1. The molecule has 2 aliphatic rings. The number of hydrogen-bond donors (Lipinski definition) is 2. The number of hydrogen-bond acceptors (Lipinski definition) is 3. The minimum atomic E-state index is -0.330. The summed E-state index contributed by atoms with van der Waals surface area (Å²) in [6.07, 6.45) is 8.31. The van der Waals surface area contributed by atoms with E-state index >= 15 is 0 Å². The van der Waals surface area contributed by atoms with E-state index in [1.807, 2.05) is 12.1 Å². The average Bonchev–Trinajstić information content (AvgIpc) is 3.28. The maximum atomic E-state index is 12.3. The summed E-state index contributed by atoms with van der Waals surface area (Å²) in [6, 6.07) is 8.53. The van der Waals surface area contributed by atoms with Crippen molar-refractivity contribution in [3.05, 3.63) is 75.2 Å². The third-order valence-electron chi connectivity index (χ3n) is 5.35. The molecule has 1 heterocycles. The molecule has 2 N–H and O–H groups in total. The fourth-order valence-electron chi connectivity index (χ4n) is 3.94. The number of carbonyl (C=O) groups is 1. The van der Waals surface area contributed by atoms with Crippen LogP contribution in [0.3, 0.4) is 0 Å². The van der Waals surface area contributed by atoms with Crippen molar-refractivity contribution in [2.75, 3.05) is 6.54 Å². The number of amides is 1. The molecule has 2 aromatic rings. The summed E-state index contributed by atoms with van der Waals surface area (Å²) in [5.74, 6) is 1.66. The number of fused-ring (bicyclic) bond motifs is 2. The van der Waals surface area contributed by atoms with Crippen LogP contribution in [0.15, 0.2) is 53.5 Å². The van der Waals surface area contributed by atoms with Gasteiger partial charge in [0, 0.05) is 23.8 Å². The Morgan fingerprint density at radius 2 is 2.15 bits per heavy atom. The zero-order valence-electron chi connectivity index (χ0n) is 14.8. The molecule has 2 bridgehead atoms. The number of rotatable bonds is 6. The van der Waals surface area contributed by atoms with Gasteiger partial charge in [0.1, 0.15) is 12.3 Å². The lowest BCUT2D eigenvalue weighted by Crippen LogP contribution is -2.32. The minimum absolute atomic E-state index is 0.171. The first-order valence-electron chi connectivity index (χ1n) is 9.15. The van der Waals surface area contributed by atoms with E-state index in [9.17, 15) is 9.59 Å². The standard InChI is InChI=1S/C21H21ClN2O3/c22-17-3-1-2-14(8-17)12-27-20-11-23-18(9-19(20)25)21(26)24-10-16-7-13-4-5-15(16)6-13/h1-5,8-9,11,13,15-16H,6-7,10,12H2,(H,23,25)(H,24,26)/t13-,15+,16+/m0/s1. The zero-order valence-corrected chi connectivity index (χ0v) is 15.5. The molecule has 140 valence electrons. The number of benzene rings is 1. The highest BCUT2D eigenvalue weighted by Crippen LogP contribution is 2.42. The number of H-pyrrole nitrogens is 1. The van der Waals surface area contributed by atoms with Gasteiger partial charge in [-0.15, -0.1) is 0 Å². The molecule has 1 saturated carbocycles. The Labute approximate surface area is 162 Å². The fraction of sp³-hybridized carbons (Fsp3) is 0.333. The van der Waals surface area contributed by atoms with Gasteiger partial charge < -0.3 is 15.0 Å². The predicted molar refractivity (Wildman–Crippen MR) is 104 cm³/mol. The average molecular weight is 385 g/mol. The highest BCUT2D eigenvalue weighted by molar-refractivity contribution is 6.30. The van der Waals surface area contributed by atoms with Crippen LogP contribution in [-0.4, -0.2) is 17.4 Å². The van der Waals surface area contributed by atoms with Gasteiger partial charge in [-0.1, -0.05) is 35.9 Å². The lowest BCUT2D eigenvalue weighted by atomic mass is 9.93. The second-order valence-corrected chi connectivity index (χ2v) is 7.68. The topological polar surface area (TPSA) is 71.2 Å². The van der Waals surface area contributed by atoms with E-state index in [4.69, 9.17) is 16.3 Å². The number of nitrogens with one attached hydrogen (secondary N) is 2. The summed E-state index contributed by atoms with van der Waals surface area (Å²) in [5, 5.41) is 3.55. The van der Waals surface area contributed by atoms with Crippen LogP contribution in [0.5, 0.6) is 5.75 Å². The van der Waals surface area contributed by atoms with Crippen LogP contribution < -0.4 is 15.5 Å². The molecule has 1 fully saturated rings. The van der Waals surface area contributed by atoms with E-state index in [1.165, 1.54) is 18.7 Å². The van der Waals surface area contributed by atoms with Crippen LogP contribution >= 0.6 is 11.6 Å². The molecule has 0 saturated heterocycles. The van der Waals surface area contributed by atoms with Gasteiger partial charge in [0.2, 0.25) is 5.43 Å². The van der Waals surface area contributed by atoms with Gasteiger partial charge in [0.25, 0.3) is 5.91 Å². The first-order valence-corrected chi connectivity index (χ1v) is 9.53. The molecule has 1 amide bonds. The summed E-state index contributed by atoms with van der Waals surface area (Å²) in [5.41, 5.74) is 0.779. The lowest BCUT2D eigenvalue weighted by molar-refractivity contribution is 0.0940. The van der Waals surface area contributed by atoms with Gasteiger partial charge >= 0.3 is 0 Å². The SMILES string of the molecule is O=C(NC[C@H]1C[C@H]2C=C[C@@H]1C2)c1cc(=O)c(OCc2cccc(Cl)c2)c[nH]1. The Morgan fingerprint density at radius 1 is 1.26 bits per heavy atom. The fourth-order valence-corrected chi connectivity index (χ4v) is 4.15. The van der Waals surface area contributed by atoms with Gasteiger partial charge in [-0.05, 0) is 48.3 Å². The predicted octanol–water partition coefficient (Wildman–Crippen LogP) is 3.55. The van der Waals surface area contributed by atoms with Gasteiger partial charge in [0.15, 0.2) is 5.75 Å². The van der Waals surface area contributed by atoms with Crippen LogP contribution in [0.25, 0.3) is 0 Å². The van der Waals surface area contributed by atoms with Crippen LogP contribution in [0.4, 0.5) is 0 Å². The molecular formula is C21H21ClN2O3. The molecule has 0 unspecified atom stereocenters. The van der Waals surface area contributed by atoms with Crippen molar-refractivity contribution in [3.8, 4) is 5.75 Å². The van der Waals surface area contributed by atoms with E-state index in [0.29, 0.717) is 29.3 Å². The highest BCUT2D eigenvalue weighted by Gasteiger charge is 2.35. The highest BCUT2D eigenvalue weighted by atomic mass is 35.5. The molecule has 6 heteroatoms. The van der Waals surface area contributed by atoms with Gasteiger partial charge in [-0.25, -0.2) is 0 Å². The van der Waals surface area contributed by atoms with Crippen molar-refractivity contribution in [2.24, 2.45) is 17.8 Å². The summed E-state index contributed by atoms with van der Waals surface area (Å²) < 4.78 is 5.55. The Kier molecular flexibility index (Phi) is 5.03. The maximum absolute atomic E-state index is 12.3. The quantitative estimate of drug-likeness (QED) is 0.748. The number of carbonyl (C=O) groups excluding carboxylic acids is 1. The number of halogens is 1. The molecule has 1 aromatic carbocycles. The van der Waals surface area contributed by atoms with Gasteiger partial charge in [-0.2, -0.15) is 0 Å². The summed E-state index contributed by atoms with van der Waals surface area (Å²) >= 11 is 5.94. The summed E-state index contributed by atoms with van der Waals surface area (Å²) in [7, 11) is 0. The van der Waals surface area contributed by atoms with Crippen LogP contribution in [0.1, 0.15) is 28.9 Å². The van der Waals surface area contributed by atoms with Crippen LogP contribution in [-0.2, 0) is 6.61 Å². The Morgan fingerprint density at radius 3 is 2.85 bits per heavy atom. The first kappa shape index (κ1) is 17.9. The second kappa shape index (κ2) is 7.61. The number of pyridine rings is 1. The zero-order chi connectivity index (χ0) is 18.8. The maximum Gasteiger partial charge on any atom is 0.267 e. The Balaban J connectivity index is 1.34. The summed E-state index contributed by atoms with van der Waals surface area (Å²) in [6.45, 7) is 0.867. The van der Waals surface area contributed by atoms with Crippen molar-refractivity contribution in [1.82, 2.24) is 10.3 Å². The van der Waals surface area contributed by atoms with Crippen molar-refractivity contribution < 1.29 is 9.53 Å². The largest absolute Gasteiger partial charge is 0.483 e. The van der Waals surface area contributed by atoms with Crippen molar-refractivity contribution in [2.45, 2.75) is 19.4 Å². The number of aromatic nitrogens is 1. The molecule has 5 nitrogen and oxygen atoms in total. The monoisotopic (exact) mass is 384 g/mol. The van der Waals surface area contributed by atoms with Crippen molar-refractivity contribution in [1.29, 1.82) is 0 Å². The third-order valence-corrected chi connectivity index (χ3v) is 5.58. The third kappa shape index (κ3) is 4.08. The van der Waals surface area contributed by atoms with Crippen LogP contribution in [0.2, 0.25) is 5.02 Å². The summed E-state index contributed by atoms with van der Waals surface area (Å²) in [4.78, 5) is 27.4. The lowest BCUT2D eigenvalue weighted by Gasteiger charge is -2.18. The molecule has 0 aliphatic heterocycles. The molecule has 0 radical (unpaired) electrons. The Bertz CT molecular complexity index is 937. The van der Waals surface area contributed by atoms with Gasteiger partial charge in [-0.3, -0.25) is 9.59 Å². The number of aromatic amines is 1. The molecule has 1 aromatic heterocycles. The van der Waals surface area contributed by atoms with Crippen molar-refractivity contribution >= 4 is 17.5 Å². The van der Waals surface area contributed by atoms with Crippen molar-refractivity contribution in [3.63, 3.8) is 0 Å². The van der Waals surface area contributed by atoms with E-state index in [-0.39, 0.29) is 29.4 Å². The Hall–Kier alpha value is -2.53. The van der Waals surface area contributed by atoms with E-state index in [0.717, 1.165) is 12.0 Å². The second-order valence-electron chi connectivity index (χ2n) is 7.24. The first-order chi connectivity index (χ1) is 13.1. The smallest absolute Gasteiger partial charge is 0.267 e. The number of allylic oxidation sites excluding steroid dienone is 2. The van der Waals surface area contributed by atoms with E-state index in [1.54, 1.807) is 12.1 Å². The minimum Gasteiger partial charge on any atom is -0.483 e. The molecule has 0 spiro atoms. The molecule has 2 aliphatic carbocycles. The molecule has 3 atom stereocenters. The van der Waals surface area contributed by atoms with Gasteiger partial charge in [0.05, 0.1) is 0 Å². The van der Waals surface area contributed by atoms with E-state index < -0.39 is 0 Å². The molecule has 4 rings (SSSR count). The van der Waals surface area contributed by atoms with E-state index in [2.05, 4.69) is 22.5 Å². The molecular weight excluding hydrogens is 364 g/mol. The molecule has 27 heavy (non-hydrogen) atoms.